The molecule has 1 unspecified atom stereocenters. The Morgan fingerprint density at radius 2 is 2.13 bits per heavy atom. The van der Waals surface area contributed by atoms with Crippen molar-refractivity contribution in [1.29, 1.82) is 0 Å². The van der Waals surface area contributed by atoms with Gasteiger partial charge in [-0.2, -0.15) is 0 Å². The van der Waals surface area contributed by atoms with Gasteiger partial charge in [-0.15, -0.1) is 0 Å². The number of carbonyl (C=O) groups excluding carboxylic acids is 1. The fourth-order valence-electron chi connectivity index (χ4n) is 2.54. The molecule has 126 valence electrons. The first kappa shape index (κ1) is 17.1. The number of hydrogen-bond acceptors (Lipinski definition) is 5. The standard InChI is InChI=1S/C16H21NO6/c1-21-13-8-11(16(19)20)7-12(15(13)22-2)17-14(18)4-3-10-5-6-23-9-10/h7-8,10H,3-6,9H2,1-2H3,(H,17,18)(H,19,20). The minimum Gasteiger partial charge on any atom is -0.493 e. The molecule has 1 heterocycles. The number of aromatic carboxylic acids is 1. The first-order valence-corrected chi connectivity index (χ1v) is 7.42. The maximum Gasteiger partial charge on any atom is 0.335 e. The van der Waals surface area contributed by atoms with E-state index in [9.17, 15) is 9.59 Å². The molecule has 0 aliphatic carbocycles. The largest absolute Gasteiger partial charge is 0.493 e. The van der Waals surface area contributed by atoms with E-state index in [2.05, 4.69) is 5.32 Å². The van der Waals surface area contributed by atoms with Crippen LogP contribution in [0, 0.1) is 5.92 Å². The first-order chi connectivity index (χ1) is 11.0. The SMILES string of the molecule is COc1cc(C(=O)O)cc(NC(=O)CCC2CCOC2)c1OC. The van der Waals surface area contributed by atoms with Crippen LogP contribution in [0.5, 0.6) is 11.5 Å². The number of carbonyl (C=O) groups is 2. The highest BCUT2D eigenvalue weighted by atomic mass is 16.5. The molecule has 1 aliphatic heterocycles. The number of nitrogens with one attached hydrogen (secondary N) is 1. The Kier molecular flexibility index (Phi) is 5.81. The summed E-state index contributed by atoms with van der Waals surface area (Å²) in [6.07, 6.45) is 2.06. The van der Waals surface area contributed by atoms with E-state index < -0.39 is 5.97 Å². The van der Waals surface area contributed by atoms with Crippen LogP contribution in [-0.4, -0.2) is 44.4 Å². The average Bonchev–Trinajstić information content (AvgIpc) is 3.05. The zero-order valence-electron chi connectivity index (χ0n) is 13.3. The van der Waals surface area contributed by atoms with Crippen LogP contribution in [0.4, 0.5) is 5.69 Å². The van der Waals surface area contributed by atoms with Crippen molar-refractivity contribution < 1.29 is 28.9 Å². The molecular weight excluding hydrogens is 302 g/mol. The molecule has 0 radical (unpaired) electrons. The van der Waals surface area contributed by atoms with Crippen molar-refractivity contribution in [1.82, 2.24) is 0 Å². The molecule has 0 spiro atoms. The van der Waals surface area contributed by atoms with Crippen molar-refractivity contribution in [3.8, 4) is 11.5 Å². The van der Waals surface area contributed by atoms with Gasteiger partial charge in [-0.25, -0.2) is 4.79 Å². The topological polar surface area (TPSA) is 94.1 Å². The number of carboxylic acid groups (broad SMARTS) is 1. The minimum atomic E-state index is -1.11. The summed E-state index contributed by atoms with van der Waals surface area (Å²) in [5.74, 6) is -0.339. The maximum atomic E-state index is 12.1. The molecule has 1 aromatic rings. The van der Waals surface area contributed by atoms with Crippen molar-refractivity contribution >= 4 is 17.6 Å². The summed E-state index contributed by atoms with van der Waals surface area (Å²) in [7, 11) is 2.85. The van der Waals surface area contributed by atoms with Gasteiger partial charge in [0.1, 0.15) is 0 Å². The number of hydrogen-bond donors (Lipinski definition) is 2. The van der Waals surface area contributed by atoms with Gasteiger partial charge >= 0.3 is 5.97 Å². The van der Waals surface area contributed by atoms with Crippen LogP contribution < -0.4 is 14.8 Å². The van der Waals surface area contributed by atoms with Crippen molar-refractivity contribution in [2.45, 2.75) is 19.3 Å². The first-order valence-electron chi connectivity index (χ1n) is 7.42. The minimum absolute atomic E-state index is 0.0159. The Labute approximate surface area is 134 Å². The third kappa shape index (κ3) is 4.35. The van der Waals surface area contributed by atoms with Crippen molar-refractivity contribution in [3.05, 3.63) is 17.7 Å². The Morgan fingerprint density at radius 1 is 1.35 bits per heavy atom. The number of methoxy groups -OCH3 is 2. The molecule has 7 heteroatoms. The molecule has 23 heavy (non-hydrogen) atoms. The summed E-state index contributed by atoms with van der Waals surface area (Å²) in [5.41, 5.74) is 0.305. The number of amides is 1. The number of benzene rings is 1. The van der Waals surface area contributed by atoms with E-state index in [4.69, 9.17) is 19.3 Å². The van der Waals surface area contributed by atoms with Crippen molar-refractivity contribution in [3.63, 3.8) is 0 Å². The predicted octanol–water partition coefficient (Wildman–Crippen LogP) is 2.16. The molecule has 1 aromatic carbocycles. The van der Waals surface area contributed by atoms with Gasteiger partial charge in [-0.05, 0) is 30.9 Å². The Bertz CT molecular complexity index is 580. The number of carboxylic acids is 1. The van der Waals surface area contributed by atoms with Gasteiger partial charge in [0.25, 0.3) is 0 Å². The normalized spacial score (nSPS) is 16.9. The lowest BCUT2D eigenvalue weighted by atomic mass is 10.0. The molecular formula is C16H21NO6. The molecule has 1 amide bonds. The quantitative estimate of drug-likeness (QED) is 0.798. The van der Waals surface area contributed by atoms with Gasteiger partial charge in [-0.1, -0.05) is 0 Å². The van der Waals surface area contributed by atoms with E-state index >= 15 is 0 Å². The van der Waals surface area contributed by atoms with Crippen LogP contribution in [0.15, 0.2) is 12.1 Å². The fraction of sp³-hybridized carbons (Fsp3) is 0.500. The Morgan fingerprint density at radius 3 is 2.70 bits per heavy atom. The van der Waals surface area contributed by atoms with E-state index in [1.807, 2.05) is 0 Å². The van der Waals surface area contributed by atoms with Crippen molar-refractivity contribution in [2.24, 2.45) is 5.92 Å². The number of rotatable bonds is 7. The smallest absolute Gasteiger partial charge is 0.335 e. The summed E-state index contributed by atoms with van der Waals surface area (Å²) < 4.78 is 15.6. The summed E-state index contributed by atoms with van der Waals surface area (Å²) in [6.45, 7) is 1.44. The average molecular weight is 323 g/mol. The summed E-state index contributed by atoms with van der Waals surface area (Å²) >= 11 is 0. The lowest BCUT2D eigenvalue weighted by Gasteiger charge is -2.15. The zero-order valence-corrected chi connectivity index (χ0v) is 13.3. The van der Waals surface area contributed by atoms with E-state index in [-0.39, 0.29) is 22.9 Å². The third-order valence-corrected chi connectivity index (χ3v) is 3.80. The van der Waals surface area contributed by atoms with Gasteiger partial charge in [-0.3, -0.25) is 4.79 Å². The summed E-state index contributed by atoms with van der Waals surface area (Å²) in [6, 6.07) is 2.72. The van der Waals surface area contributed by atoms with Crippen LogP contribution in [0.1, 0.15) is 29.6 Å². The fourth-order valence-corrected chi connectivity index (χ4v) is 2.54. The van der Waals surface area contributed by atoms with Crippen LogP contribution in [0.3, 0.4) is 0 Å². The van der Waals surface area contributed by atoms with E-state index in [1.165, 1.54) is 26.4 Å². The van der Waals surface area contributed by atoms with Crippen LogP contribution in [-0.2, 0) is 9.53 Å². The molecule has 1 aliphatic rings. The second kappa shape index (κ2) is 7.82. The molecule has 1 fully saturated rings. The zero-order chi connectivity index (χ0) is 16.8. The Hall–Kier alpha value is -2.28. The molecule has 2 rings (SSSR count). The van der Waals surface area contributed by atoms with Gasteiger partial charge in [0.2, 0.25) is 5.91 Å². The lowest BCUT2D eigenvalue weighted by Crippen LogP contribution is -2.15. The maximum absolute atomic E-state index is 12.1. The van der Waals surface area contributed by atoms with Gasteiger partial charge in [0, 0.05) is 19.6 Å². The predicted molar refractivity (Wildman–Crippen MR) is 83.3 cm³/mol. The highest BCUT2D eigenvalue weighted by molar-refractivity contribution is 5.96. The molecule has 1 saturated heterocycles. The van der Waals surface area contributed by atoms with Crippen LogP contribution in [0.2, 0.25) is 0 Å². The second-order valence-corrected chi connectivity index (χ2v) is 5.38. The van der Waals surface area contributed by atoms with Gasteiger partial charge < -0.3 is 24.6 Å². The van der Waals surface area contributed by atoms with Crippen LogP contribution in [0.25, 0.3) is 0 Å². The molecule has 7 nitrogen and oxygen atoms in total. The number of ether oxygens (including phenoxy) is 3. The van der Waals surface area contributed by atoms with E-state index in [0.717, 1.165) is 19.4 Å². The van der Waals surface area contributed by atoms with Gasteiger partial charge in [0.15, 0.2) is 11.5 Å². The molecule has 0 aromatic heterocycles. The Balaban J connectivity index is 2.11. The van der Waals surface area contributed by atoms with Crippen molar-refractivity contribution in [2.75, 3.05) is 32.8 Å². The summed E-state index contributed by atoms with van der Waals surface area (Å²) in [5, 5.41) is 11.9. The summed E-state index contributed by atoms with van der Waals surface area (Å²) in [4.78, 5) is 23.3. The molecule has 0 saturated carbocycles. The second-order valence-electron chi connectivity index (χ2n) is 5.38. The highest BCUT2D eigenvalue weighted by Gasteiger charge is 2.20. The van der Waals surface area contributed by atoms with E-state index in [1.54, 1.807) is 0 Å². The highest BCUT2D eigenvalue weighted by Crippen LogP contribution is 2.36. The monoisotopic (exact) mass is 323 g/mol. The van der Waals surface area contributed by atoms with Crippen LogP contribution >= 0.6 is 0 Å². The lowest BCUT2D eigenvalue weighted by molar-refractivity contribution is -0.116. The van der Waals surface area contributed by atoms with E-state index in [0.29, 0.717) is 24.7 Å². The molecule has 2 N–H and O–H groups in total. The molecule has 0 bridgehead atoms. The molecule has 1 atom stereocenters. The third-order valence-electron chi connectivity index (χ3n) is 3.80. The van der Waals surface area contributed by atoms with Gasteiger partial charge in [0.05, 0.1) is 25.5 Å². The number of anilines is 1.